The van der Waals surface area contributed by atoms with E-state index in [1.54, 1.807) is 19.1 Å². The van der Waals surface area contributed by atoms with E-state index in [0.717, 1.165) is 16.7 Å². The van der Waals surface area contributed by atoms with Crippen molar-refractivity contribution in [2.24, 2.45) is 0 Å². The quantitative estimate of drug-likeness (QED) is 0.434. The van der Waals surface area contributed by atoms with Crippen LogP contribution in [-0.2, 0) is 14.3 Å². The number of carbonyl (C=O) groups excluding carboxylic acids is 3. The maximum atomic E-state index is 12.0. The van der Waals surface area contributed by atoms with Gasteiger partial charge in [0.2, 0.25) is 0 Å². The first-order valence-electron chi connectivity index (χ1n) is 5.67. The van der Waals surface area contributed by atoms with Crippen molar-refractivity contribution in [2.75, 3.05) is 13.2 Å². The van der Waals surface area contributed by atoms with Crippen molar-refractivity contribution in [1.29, 1.82) is 0 Å². The zero-order valence-electron chi connectivity index (χ0n) is 10.4. The van der Waals surface area contributed by atoms with Crippen LogP contribution < -0.4 is 0 Å². The molecule has 1 fully saturated rings. The second kappa shape index (κ2) is 6.44. The summed E-state index contributed by atoms with van der Waals surface area (Å²) in [5.74, 6) is -0.640. The van der Waals surface area contributed by atoms with Crippen molar-refractivity contribution < 1.29 is 23.5 Å². The number of imide groups is 1. The highest BCUT2D eigenvalue weighted by atomic mass is 127. The smallest absolute Gasteiger partial charge is 0.326 e. The Kier molecular flexibility index (Phi) is 4.86. The van der Waals surface area contributed by atoms with E-state index in [1.165, 1.54) is 6.08 Å². The minimum absolute atomic E-state index is 0.204. The number of halogens is 1. The Morgan fingerprint density at radius 1 is 1.50 bits per heavy atom. The monoisotopic (exact) mass is 407 g/mol. The van der Waals surface area contributed by atoms with Crippen LogP contribution in [0.5, 0.6) is 0 Å². The Balaban J connectivity index is 2.12. The van der Waals surface area contributed by atoms with Gasteiger partial charge in [0.25, 0.3) is 11.1 Å². The highest BCUT2D eigenvalue weighted by molar-refractivity contribution is 14.1. The number of hydrogen-bond acceptors (Lipinski definition) is 6. The lowest BCUT2D eigenvalue weighted by Gasteiger charge is -2.10. The molecule has 0 saturated carbocycles. The molecule has 1 aliphatic heterocycles. The van der Waals surface area contributed by atoms with Gasteiger partial charge in [-0.2, -0.15) is 0 Å². The molecule has 8 heteroatoms. The molecule has 0 aliphatic carbocycles. The Hall–Kier alpha value is -1.29. The second-order valence-electron chi connectivity index (χ2n) is 3.71. The average Bonchev–Trinajstić information content (AvgIpc) is 2.89. The maximum Gasteiger partial charge on any atom is 0.326 e. The minimum Gasteiger partial charge on any atom is -0.465 e. The van der Waals surface area contributed by atoms with Crippen LogP contribution in [0.2, 0.25) is 0 Å². The summed E-state index contributed by atoms with van der Waals surface area (Å²) in [7, 11) is 0. The van der Waals surface area contributed by atoms with Crippen LogP contribution >= 0.6 is 34.4 Å². The Morgan fingerprint density at radius 2 is 2.25 bits per heavy atom. The number of hydrogen-bond donors (Lipinski definition) is 0. The largest absolute Gasteiger partial charge is 0.465 e. The summed E-state index contributed by atoms with van der Waals surface area (Å²) in [5.41, 5.74) is 0. The van der Waals surface area contributed by atoms with Gasteiger partial charge in [-0.15, -0.1) is 0 Å². The van der Waals surface area contributed by atoms with Gasteiger partial charge in [0.05, 0.1) is 11.5 Å². The van der Waals surface area contributed by atoms with Crippen molar-refractivity contribution >= 4 is 57.5 Å². The van der Waals surface area contributed by atoms with Crippen LogP contribution in [0.4, 0.5) is 4.79 Å². The fourth-order valence-electron chi connectivity index (χ4n) is 1.51. The van der Waals surface area contributed by atoms with Gasteiger partial charge in [-0.3, -0.25) is 19.3 Å². The van der Waals surface area contributed by atoms with E-state index in [2.05, 4.69) is 0 Å². The zero-order chi connectivity index (χ0) is 14.7. The second-order valence-corrected chi connectivity index (χ2v) is 5.77. The predicted octanol–water partition coefficient (Wildman–Crippen LogP) is 2.48. The number of furan rings is 1. The number of ether oxygens (including phenoxy) is 1. The lowest BCUT2D eigenvalue weighted by Crippen LogP contribution is -2.34. The molecule has 2 heterocycles. The molecule has 106 valence electrons. The normalized spacial score (nSPS) is 17.1. The van der Waals surface area contributed by atoms with Gasteiger partial charge in [-0.05, 0) is 53.4 Å². The van der Waals surface area contributed by atoms with E-state index in [9.17, 15) is 14.4 Å². The SMILES string of the molecule is CCOC(=O)CN1C(=O)S/C(=C\c2ccc(I)o2)C1=O. The topological polar surface area (TPSA) is 76.8 Å². The Bertz CT molecular complexity index is 594. The molecule has 0 N–H and O–H groups in total. The van der Waals surface area contributed by atoms with Crippen LogP contribution in [0.3, 0.4) is 0 Å². The molecule has 0 spiro atoms. The summed E-state index contributed by atoms with van der Waals surface area (Å²) >= 11 is 2.77. The fraction of sp³-hybridized carbons (Fsp3) is 0.250. The molecule has 0 aromatic carbocycles. The zero-order valence-corrected chi connectivity index (χ0v) is 13.4. The summed E-state index contributed by atoms with van der Waals surface area (Å²) in [5, 5.41) is -0.490. The van der Waals surface area contributed by atoms with Crippen molar-refractivity contribution in [3.63, 3.8) is 0 Å². The predicted molar refractivity (Wildman–Crippen MR) is 80.7 cm³/mol. The fourth-order valence-corrected chi connectivity index (χ4v) is 2.76. The number of rotatable bonds is 4. The molecule has 1 saturated heterocycles. The van der Waals surface area contributed by atoms with E-state index in [4.69, 9.17) is 9.15 Å². The molecule has 0 unspecified atom stereocenters. The van der Waals surface area contributed by atoms with Gasteiger partial charge in [-0.1, -0.05) is 0 Å². The third-order valence-corrected chi connectivity index (χ3v) is 3.82. The molecule has 1 aliphatic rings. The standard InChI is InChI=1S/C12H10INO5S/c1-2-18-10(15)6-14-11(16)8(20-12(14)17)5-7-3-4-9(13)19-7/h3-5H,2,6H2,1H3/b8-5-. The molecule has 1 aromatic rings. The number of nitrogens with zero attached hydrogens (tertiary/aromatic N) is 1. The van der Waals surface area contributed by atoms with E-state index >= 15 is 0 Å². The molecular formula is C12H10INO5S. The first-order chi connectivity index (χ1) is 9.51. The van der Waals surface area contributed by atoms with Crippen LogP contribution in [0.15, 0.2) is 21.5 Å². The van der Waals surface area contributed by atoms with Crippen molar-refractivity contribution in [2.45, 2.75) is 6.92 Å². The van der Waals surface area contributed by atoms with E-state index in [0.29, 0.717) is 9.53 Å². The number of thioether (sulfide) groups is 1. The van der Waals surface area contributed by atoms with E-state index in [-0.39, 0.29) is 18.1 Å². The van der Waals surface area contributed by atoms with Crippen LogP contribution in [-0.4, -0.2) is 35.2 Å². The van der Waals surface area contributed by atoms with Gasteiger partial charge in [0.1, 0.15) is 12.3 Å². The number of carbonyl (C=O) groups is 3. The summed E-state index contributed by atoms with van der Waals surface area (Å²) < 4.78 is 10.7. The molecule has 0 radical (unpaired) electrons. The maximum absolute atomic E-state index is 12.0. The van der Waals surface area contributed by atoms with Crippen molar-refractivity contribution in [3.8, 4) is 0 Å². The highest BCUT2D eigenvalue weighted by Gasteiger charge is 2.36. The van der Waals surface area contributed by atoms with Gasteiger partial charge in [0.15, 0.2) is 3.77 Å². The molecule has 0 bridgehead atoms. The average molecular weight is 407 g/mol. The van der Waals surface area contributed by atoms with Crippen LogP contribution in [0.1, 0.15) is 12.7 Å². The van der Waals surface area contributed by atoms with Crippen molar-refractivity contribution in [3.05, 3.63) is 26.6 Å². The summed E-state index contributed by atoms with van der Waals surface area (Å²) in [6.45, 7) is 1.49. The molecular weight excluding hydrogens is 397 g/mol. The van der Waals surface area contributed by atoms with Crippen LogP contribution in [0, 0.1) is 3.77 Å². The minimum atomic E-state index is -0.608. The Morgan fingerprint density at radius 3 is 2.85 bits per heavy atom. The lowest BCUT2D eigenvalue weighted by molar-refractivity contribution is -0.145. The third-order valence-electron chi connectivity index (χ3n) is 2.33. The summed E-state index contributed by atoms with van der Waals surface area (Å²) in [6, 6.07) is 3.44. The van der Waals surface area contributed by atoms with Gasteiger partial charge >= 0.3 is 5.97 Å². The van der Waals surface area contributed by atoms with Crippen molar-refractivity contribution in [1.82, 2.24) is 4.90 Å². The first kappa shape index (κ1) is 15.1. The van der Waals surface area contributed by atoms with E-state index in [1.807, 2.05) is 22.6 Å². The first-order valence-corrected chi connectivity index (χ1v) is 7.57. The molecule has 1 aromatic heterocycles. The van der Waals surface area contributed by atoms with Gasteiger partial charge in [-0.25, -0.2) is 0 Å². The van der Waals surface area contributed by atoms with Gasteiger partial charge < -0.3 is 9.15 Å². The molecule has 6 nitrogen and oxygen atoms in total. The molecule has 2 rings (SSSR count). The molecule has 0 atom stereocenters. The lowest BCUT2D eigenvalue weighted by atomic mass is 10.3. The molecule has 2 amide bonds. The third kappa shape index (κ3) is 3.42. The summed E-state index contributed by atoms with van der Waals surface area (Å²) in [4.78, 5) is 36.2. The van der Waals surface area contributed by atoms with Gasteiger partial charge in [0, 0.05) is 6.08 Å². The van der Waals surface area contributed by atoms with E-state index < -0.39 is 17.1 Å². The van der Waals surface area contributed by atoms with Crippen LogP contribution in [0.25, 0.3) is 6.08 Å². The molecule has 20 heavy (non-hydrogen) atoms. The number of amides is 2. The number of esters is 1. The Labute approximate surface area is 132 Å². The highest BCUT2D eigenvalue weighted by Crippen LogP contribution is 2.32. The summed E-state index contributed by atoms with van der Waals surface area (Å²) in [6.07, 6.45) is 1.48.